The van der Waals surface area contributed by atoms with Gasteiger partial charge in [0.2, 0.25) is 0 Å². The molecule has 2 nitrogen and oxygen atoms in total. The summed E-state index contributed by atoms with van der Waals surface area (Å²) in [6, 6.07) is 4.63. The molecule has 1 heterocycles. The number of carbonyl (C=O) groups is 1. The fraction of sp³-hybridized carbons (Fsp3) is 0.462. The molecular weight excluding hydrogens is 365 g/mol. The van der Waals surface area contributed by atoms with Crippen molar-refractivity contribution < 1.29 is 9.18 Å². The van der Waals surface area contributed by atoms with Crippen molar-refractivity contribution in [2.24, 2.45) is 5.92 Å². The number of benzene rings is 1. The third-order valence-corrected chi connectivity index (χ3v) is 4.74. The summed E-state index contributed by atoms with van der Waals surface area (Å²) in [6.45, 7) is 2.92. The van der Waals surface area contributed by atoms with Crippen LogP contribution in [0.5, 0.6) is 0 Å². The number of nitrogens with zero attached hydrogens (tertiary/aromatic N) is 1. The predicted molar refractivity (Wildman–Crippen MR) is 76.5 cm³/mol. The van der Waals surface area contributed by atoms with Gasteiger partial charge in [-0.15, -0.1) is 0 Å². The van der Waals surface area contributed by atoms with Crippen LogP contribution in [0.2, 0.25) is 0 Å². The van der Waals surface area contributed by atoms with Crippen LogP contribution in [-0.2, 0) is 0 Å². The first-order chi connectivity index (χ1) is 8.54. The Morgan fingerprint density at radius 3 is 2.89 bits per heavy atom. The molecule has 0 saturated carbocycles. The van der Waals surface area contributed by atoms with Crippen LogP contribution in [0.1, 0.15) is 23.7 Å². The summed E-state index contributed by atoms with van der Waals surface area (Å²) >= 11 is 6.57. The van der Waals surface area contributed by atoms with E-state index in [2.05, 4.69) is 38.8 Å². The molecule has 2 atom stereocenters. The van der Waals surface area contributed by atoms with E-state index < -0.39 is 0 Å². The standard InChI is InChI=1S/C13H14Br2FNO/c1-8-4-5-17(12(8)7-14)13(18)9-2-3-11(16)10(15)6-9/h2-3,6,8,12H,4-5,7H2,1H3. The van der Waals surface area contributed by atoms with Crippen molar-refractivity contribution in [1.82, 2.24) is 4.90 Å². The maximum atomic E-state index is 13.2. The Labute approximate surface area is 123 Å². The van der Waals surface area contributed by atoms with E-state index in [-0.39, 0.29) is 17.8 Å². The molecule has 0 aliphatic carbocycles. The van der Waals surface area contributed by atoms with Crippen LogP contribution < -0.4 is 0 Å². The third-order valence-electron chi connectivity index (χ3n) is 3.47. The minimum Gasteiger partial charge on any atom is -0.335 e. The molecule has 0 aromatic heterocycles. The topological polar surface area (TPSA) is 20.3 Å². The van der Waals surface area contributed by atoms with Gasteiger partial charge in [-0.2, -0.15) is 0 Å². The molecule has 1 aliphatic rings. The summed E-state index contributed by atoms with van der Waals surface area (Å²) in [5.41, 5.74) is 0.531. The van der Waals surface area contributed by atoms with Gasteiger partial charge in [0.15, 0.2) is 0 Å². The zero-order valence-corrected chi connectivity index (χ0v) is 13.2. The van der Waals surface area contributed by atoms with Gasteiger partial charge in [-0.25, -0.2) is 4.39 Å². The first kappa shape index (κ1) is 14.0. The van der Waals surface area contributed by atoms with Gasteiger partial charge in [-0.1, -0.05) is 22.9 Å². The minimum absolute atomic E-state index is 0.0236. The number of hydrogen-bond acceptors (Lipinski definition) is 1. The van der Waals surface area contributed by atoms with Gasteiger partial charge >= 0.3 is 0 Å². The molecular formula is C13H14Br2FNO. The molecule has 18 heavy (non-hydrogen) atoms. The number of halogens is 3. The summed E-state index contributed by atoms with van der Waals surface area (Å²) in [5, 5.41) is 0.780. The molecule has 1 fully saturated rings. The highest BCUT2D eigenvalue weighted by Crippen LogP contribution is 2.27. The predicted octanol–water partition coefficient (Wildman–Crippen LogP) is 3.83. The highest BCUT2D eigenvalue weighted by atomic mass is 79.9. The van der Waals surface area contributed by atoms with Gasteiger partial charge in [-0.3, -0.25) is 4.79 Å². The average molecular weight is 379 g/mol. The van der Waals surface area contributed by atoms with Crippen molar-refractivity contribution in [3.8, 4) is 0 Å². The lowest BCUT2D eigenvalue weighted by molar-refractivity contribution is 0.0738. The molecule has 1 aromatic rings. The third kappa shape index (κ3) is 2.62. The summed E-state index contributed by atoms with van der Waals surface area (Å²) in [4.78, 5) is 14.3. The molecule has 0 N–H and O–H groups in total. The van der Waals surface area contributed by atoms with Crippen LogP contribution >= 0.6 is 31.9 Å². The van der Waals surface area contributed by atoms with E-state index in [0.717, 1.165) is 18.3 Å². The number of alkyl halides is 1. The van der Waals surface area contributed by atoms with Crippen molar-refractivity contribution in [3.05, 3.63) is 34.1 Å². The van der Waals surface area contributed by atoms with Crippen molar-refractivity contribution in [2.75, 3.05) is 11.9 Å². The number of rotatable bonds is 2. The number of carbonyl (C=O) groups excluding carboxylic acids is 1. The Hall–Kier alpha value is -0.420. The quantitative estimate of drug-likeness (QED) is 0.716. The lowest BCUT2D eigenvalue weighted by Crippen LogP contribution is -2.38. The Kier molecular flexibility index (Phi) is 4.43. The normalized spacial score (nSPS) is 23.4. The van der Waals surface area contributed by atoms with Crippen molar-refractivity contribution in [1.29, 1.82) is 0 Å². The maximum Gasteiger partial charge on any atom is 0.254 e. The number of hydrogen-bond donors (Lipinski definition) is 0. The number of likely N-dealkylation sites (tertiary alicyclic amines) is 1. The molecule has 0 bridgehead atoms. The summed E-state index contributed by atoms with van der Waals surface area (Å²) < 4.78 is 13.5. The second kappa shape index (κ2) is 5.70. The monoisotopic (exact) mass is 377 g/mol. The highest BCUT2D eigenvalue weighted by molar-refractivity contribution is 9.10. The largest absolute Gasteiger partial charge is 0.335 e. The first-order valence-electron chi connectivity index (χ1n) is 5.86. The lowest BCUT2D eigenvalue weighted by Gasteiger charge is -2.25. The van der Waals surface area contributed by atoms with Crippen LogP contribution in [-0.4, -0.2) is 28.7 Å². The molecule has 1 saturated heterocycles. The first-order valence-corrected chi connectivity index (χ1v) is 7.78. The van der Waals surface area contributed by atoms with Crippen molar-refractivity contribution in [3.63, 3.8) is 0 Å². The van der Waals surface area contributed by atoms with Crippen LogP contribution in [0.3, 0.4) is 0 Å². The second-order valence-electron chi connectivity index (χ2n) is 4.62. The molecule has 5 heteroatoms. The number of amides is 1. The van der Waals surface area contributed by atoms with Gasteiger partial charge < -0.3 is 4.90 Å². The zero-order chi connectivity index (χ0) is 13.3. The van der Waals surface area contributed by atoms with E-state index in [9.17, 15) is 9.18 Å². The molecule has 1 aromatic carbocycles. The van der Waals surface area contributed by atoms with Gasteiger partial charge in [0.1, 0.15) is 5.82 Å². The van der Waals surface area contributed by atoms with E-state index in [0.29, 0.717) is 16.0 Å². The summed E-state index contributed by atoms with van der Waals surface area (Å²) in [6.07, 6.45) is 1.02. The summed E-state index contributed by atoms with van der Waals surface area (Å²) in [5.74, 6) is 0.125. The van der Waals surface area contributed by atoms with E-state index >= 15 is 0 Å². The Bertz CT molecular complexity index is 466. The van der Waals surface area contributed by atoms with E-state index in [1.54, 1.807) is 6.07 Å². The average Bonchev–Trinajstić information content (AvgIpc) is 2.73. The Balaban J connectivity index is 2.23. The Morgan fingerprint density at radius 1 is 1.56 bits per heavy atom. The van der Waals surface area contributed by atoms with Gasteiger partial charge in [0.05, 0.1) is 4.47 Å². The van der Waals surface area contributed by atoms with E-state index in [1.165, 1.54) is 12.1 Å². The maximum absolute atomic E-state index is 13.2. The molecule has 2 rings (SSSR count). The fourth-order valence-corrected chi connectivity index (χ4v) is 3.66. The van der Waals surface area contributed by atoms with E-state index in [4.69, 9.17) is 0 Å². The molecule has 1 amide bonds. The van der Waals surface area contributed by atoms with Crippen LogP contribution in [0.15, 0.2) is 22.7 Å². The van der Waals surface area contributed by atoms with E-state index in [1.807, 2.05) is 4.90 Å². The summed E-state index contributed by atoms with van der Waals surface area (Å²) in [7, 11) is 0. The zero-order valence-electron chi connectivity index (χ0n) is 10.00. The smallest absolute Gasteiger partial charge is 0.254 e. The minimum atomic E-state index is -0.349. The lowest BCUT2D eigenvalue weighted by atomic mass is 10.0. The SMILES string of the molecule is CC1CCN(C(=O)c2ccc(F)c(Br)c2)C1CBr. The van der Waals surface area contributed by atoms with Crippen LogP contribution in [0, 0.1) is 11.7 Å². The van der Waals surface area contributed by atoms with Gasteiger partial charge in [0, 0.05) is 23.5 Å². The molecule has 1 aliphatic heterocycles. The fourth-order valence-electron chi connectivity index (χ4n) is 2.29. The van der Waals surface area contributed by atoms with Crippen molar-refractivity contribution in [2.45, 2.75) is 19.4 Å². The van der Waals surface area contributed by atoms with Gasteiger partial charge in [0.25, 0.3) is 5.91 Å². The van der Waals surface area contributed by atoms with Crippen LogP contribution in [0.4, 0.5) is 4.39 Å². The molecule has 98 valence electrons. The van der Waals surface area contributed by atoms with Gasteiger partial charge in [-0.05, 0) is 46.5 Å². The second-order valence-corrected chi connectivity index (χ2v) is 6.12. The highest BCUT2D eigenvalue weighted by Gasteiger charge is 2.34. The molecule has 2 unspecified atom stereocenters. The van der Waals surface area contributed by atoms with Crippen molar-refractivity contribution >= 4 is 37.8 Å². The Morgan fingerprint density at radius 2 is 2.28 bits per heavy atom. The molecule has 0 spiro atoms. The molecule has 0 radical (unpaired) electrons. The van der Waals surface area contributed by atoms with Crippen LogP contribution in [0.25, 0.3) is 0 Å².